The van der Waals surface area contributed by atoms with E-state index in [1.54, 1.807) is 6.20 Å². The van der Waals surface area contributed by atoms with Crippen LogP contribution in [0.2, 0.25) is 0 Å². The summed E-state index contributed by atoms with van der Waals surface area (Å²) in [6.07, 6.45) is 7.52. The third-order valence-electron chi connectivity index (χ3n) is 2.11. The first-order valence-electron chi connectivity index (χ1n) is 4.38. The molecule has 0 spiro atoms. The summed E-state index contributed by atoms with van der Waals surface area (Å²) < 4.78 is 0. The van der Waals surface area contributed by atoms with Crippen LogP contribution >= 0.6 is 0 Å². The van der Waals surface area contributed by atoms with Crippen molar-refractivity contribution in [3.8, 4) is 0 Å². The zero-order valence-electron chi connectivity index (χ0n) is 7.36. The first-order chi connectivity index (χ1) is 6.93. The molecule has 0 fully saturated rings. The monoisotopic (exact) mass is 181 g/mol. The summed E-state index contributed by atoms with van der Waals surface area (Å²) in [6, 6.07) is 3.85. The van der Waals surface area contributed by atoms with Crippen LogP contribution in [0.25, 0.3) is 16.7 Å². The Bertz CT molecular complexity index is 550. The predicted molar refractivity (Wildman–Crippen MR) is 54.5 cm³/mol. The molecule has 0 bridgehead atoms. The van der Waals surface area contributed by atoms with Gasteiger partial charge in [0.25, 0.3) is 0 Å². The lowest BCUT2D eigenvalue weighted by atomic mass is 10.3. The van der Waals surface area contributed by atoms with Gasteiger partial charge in [0.2, 0.25) is 0 Å². The molecule has 2 heterocycles. The van der Waals surface area contributed by atoms with E-state index in [0.29, 0.717) is 0 Å². The molecule has 0 atom stereocenters. The van der Waals surface area contributed by atoms with E-state index in [4.69, 9.17) is 0 Å². The Hall–Kier alpha value is -2.12. The maximum Gasteiger partial charge on any atom is 0.178 e. The van der Waals surface area contributed by atoms with E-state index in [-0.39, 0.29) is 0 Å². The van der Waals surface area contributed by atoms with Crippen LogP contribution in [-0.4, -0.2) is 15.0 Å². The third-order valence-corrected chi connectivity index (χ3v) is 2.11. The fraction of sp³-hybridized carbons (Fsp3) is 0. The molecule has 2 aromatic rings. The van der Waals surface area contributed by atoms with Crippen LogP contribution in [-0.2, 0) is 0 Å². The summed E-state index contributed by atoms with van der Waals surface area (Å²) in [6.45, 7) is 0. The second-order valence-corrected chi connectivity index (χ2v) is 3.04. The molecule has 0 aromatic carbocycles. The van der Waals surface area contributed by atoms with Crippen molar-refractivity contribution >= 4 is 16.7 Å². The Morgan fingerprint density at radius 2 is 2.36 bits per heavy atom. The van der Waals surface area contributed by atoms with Crippen LogP contribution in [0.15, 0.2) is 42.3 Å². The van der Waals surface area contributed by atoms with E-state index in [1.807, 2.05) is 30.4 Å². The van der Waals surface area contributed by atoms with Gasteiger partial charge in [-0.05, 0) is 24.3 Å². The Morgan fingerprint density at radius 1 is 1.36 bits per heavy atom. The molecule has 1 N–H and O–H groups in total. The highest BCUT2D eigenvalue weighted by Crippen LogP contribution is 2.17. The molecular weight excluding hydrogens is 174 g/mol. The Kier molecular flexibility index (Phi) is 1.40. The number of hydrogen-bond acceptors (Lipinski definition) is 2. The maximum absolute atomic E-state index is 4.36. The first kappa shape index (κ1) is 7.30. The minimum absolute atomic E-state index is 0.747. The van der Waals surface area contributed by atoms with Gasteiger partial charge in [-0.15, -0.1) is 5.73 Å². The van der Waals surface area contributed by atoms with Gasteiger partial charge in [0.05, 0.1) is 11.1 Å². The van der Waals surface area contributed by atoms with E-state index >= 15 is 0 Å². The summed E-state index contributed by atoms with van der Waals surface area (Å²) in [5.41, 5.74) is 5.77. The van der Waals surface area contributed by atoms with Crippen molar-refractivity contribution in [1.82, 2.24) is 15.0 Å². The topological polar surface area (TPSA) is 41.6 Å². The molecule has 2 aromatic heterocycles. The van der Waals surface area contributed by atoms with Gasteiger partial charge in [-0.3, -0.25) is 0 Å². The third kappa shape index (κ3) is 1.00. The van der Waals surface area contributed by atoms with Gasteiger partial charge in [-0.2, -0.15) is 0 Å². The van der Waals surface area contributed by atoms with Gasteiger partial charge in [0.1, 0.15) is 5.82 Å². The fourth-order valence-corrected chi connectivity index (χ4v) is 1.45. The Balaban J connectivity index is 2.24. The lowest BCUT2D eigenvalue weighted by Gasteiger charge is -1.87. The van der Waals surface area contributed by atoms with Crippen molar-refractivity contribution in [3.05, 3.63) is 48.1 Å². The van der Waals surface area contributed by atoms with E-state index in [9.17, 15) is 0 Å². The highest BCUT2D eigenvalue weighted by molar-refractivity contribution is 5.79. The maximum atomic E-state index is 4.36. The fourth-order valence-electron chi connectivity index (χ4n) is 1.45. The number of aromatic nitrogens is 3. The summed E-state index contributed by atoms with van der Waals surface area (Å²) in [7, 11) is 0. The van der Waals surface area contributed by atoms with Gasteiger partial charge in [-0.1, -0.05) is 6.08 Å². The number of nitrogens with zero attached hydrogens (tertiary/aromatic N) is 2. The minimum atomic E-state index is 0.747. The number of nitrogens with one attached hydrogen (secondary N) is 1. The number of hydrogen-bond donors (Lipinski definition) is 1. The van der Waals surface area contributed by atoms with E-state index < -0.39 is 0 Å². The van der Waals surface area contributed by atoms with E-state index in [2.05, 4.69) is 20.7 Å². The summed E-state index contributed by atoms with van der Waals surface area (Å²) in [5.74, 6) is 0.823. The first-order valence-corrected chi connectivity index (χ1v) is 4.38. The molecule has 66 valence electrons. The largest absolute Gasteiger partial charge is 0.336 e. The summed E-state index contributed by atoms with van der Waals surface area (Å²) in [4.78, 5) is 11.7. The number of imidazole rings is 1. The zero-order chi connectivity index (χ0) is 9.38. The molecule has 3 rings (SSSR count). The molecule has 0 radical (unpaired) electrons. The number of aromatic amines is 1. The molecule has 1 aliphatic rings. The molecule has 1 aliphatic carbocycles. The van der Waals surface area contributed by atoms with Crippen LogP contribution < -0.4 is 0 Å². The van der Waals surface area contributed by atoms with Gasteiger partial charge >= 0.3 is 0 Å². The Labute approximate surface area is 80.5 Å². The van der Waals surface area contributed by atoms with Crippen LogP contribution in [0.3, 0.4) is 0 Å². The lowest BCUT2D eigenvalue weighted by Crippen LogP contribution is -1.80. The van der Waals surface area contributed by atoms with Crippen LogP contribution in [0.1, 0.15) is 5.82 Å². The van der Waals surface area contributed by atoms with Crippen molar-refractivity contribution in [2.24, 2.45) is 0 Å². The van der Waals surface area contributed by atoms with Crippen molar-refractivity contribution in [2.75, 3.05) is 0 Å². The highest BCUT2D eigenvalue weighted by atomic mass is 15.0. The zero-order valence-corrected chi connectivity index (χ0v) is 7.36. The van der Waals surface area contributed by atoms with Crippen LogP contribution in [0.4, 0.5) is 0 Å². The highest BCUT2D eigenvalue weighted by Gasteiger charge is 2.06. The summed E-state index contributed by atoms with van der Waals surface area (Å²) in [5, 5.41) is 0. The number of fused-ring (bicyclic) bond motifs is 1. The van der Waals surface area contributed by atoms with E-state index in [0.717, 1.165) is 22.6 Å². The number of H-pyrrole nitrogens is 1. The normalized spacial score (nSPS) is 13.9. The second kappa shape index (κ2) is 2.69. The molecular formula is C11H7N3. The molecule has 3 nitrogen and oxygen atoms in total. The molecule has 0 unspecified atom stereocenters. The van der Waals surface area contributed by atoms with Gasteiger partial charge in [-0.25, -0.2) is 9.97 Å². The molecule has 3 heteroatoms. The second-order valence-electron chi connectivity index (χ2n) is 3.04. The number of rotatable bonds is 1. The quantitative estimate of drug-likeness (QED) is 0.684. The molecule has 14 heavy (non-hydrogen) atoms. The standard InChI is InChI=1S/C11H7N3/c1-2-5-8(4-1)10-13-9-6-3-7-12-11(9)14-10/h1-4,6-7H,(H,12,13,14). The van der Waals surface area contributed by atoms with E-state index in [1.165, 1.54) is 0 Å². The van der Waals surface area contributed by atoms with Gasteiger partial charge < -0.3 is 4.98 Å². The molecule has 0 amide bonds. The Morgan fingerprint density at radius 3 is 3.14 bits per heavy atom. The molecule has 0 aliphatic heterocycles. The van der Waals surface area contributed by atoms with Crippen molar-refractivity contribution < 1.29 is 0 Å². The van der Waals surface area contributed by atoms with Gasteiger partial charge in [0, 0.05) is 6.20 Å². The van der Waals surface area contributed by atoms with Gasteiger partial charge in [0.15, 0.2) is 5.65 Å². The molecule has 0 saturated heterocycles. The number of allylic oxidation sites excluding steroid dienone is 3. The minimum Gasteiger partial charge on any atom is -0.336 e. The lowest BCUT2D eigenvalue weighted by molar-refractivity contribution is 1.25. The predicted octanol–water partition coefficient (Wildman–Crippen LogP) is 2.07. The van der Waals surface area contributed by atoms with Crippen molar-refractivity contribution in [3.63, 3.8) is 0 Å². The number of pyridine rings is 1. The van der Waals surface area contributed by atoms with Crippen LogP contribution in [0, 0.1) is 0 Å². The summed E-state index contributed by atoms with van der Waals surface area (Å²) >= 11 is 0. The van der Waals surface area contributed by atoms with Crippen molar-refractivity contribution in [1.29, 1.82) is 0 Å². The van der Waals surface area contributed by atoms with Crippen molar-refractivity contribution in [2.45, 2.75) is 0 Å². The SMILES string of the molecule is C1=CC=CC=1c1nc2ncccc2[nH]1. The van der Waals surface area contributed by atoms with Crippen LogP contribution in [0.5, 0.6) is 0 Å². The smallest absolute Gasteiger partial charge is 0.178 e. The average Bonchev–Trinajstić information content (AvgIpc) is 2.86. The average molecular weight is 181 g/mol. The molecule has 0 saturated carbocycles.